The number of aliphatic hydroxyl groups excluding tert-OH is 3. The molecular formula is C7H13N9O5. The van der Waals surface area contributed by atoms with E-state index in [9.17, 15) is 4.79 Å². The molecule has 14 heteroatoms. The molecule has 116 valence electrons. The van der Waals surface area contributed by atoms with Crippen LogP contribution in [0.4, 0.5) is 0 Å². The summed E-state index contributed by atoms with van der Waals surface area (Å²) in [5.74, 6) is -4.67. The van der Waals surface area contributed by atoms with Crippen molar-refractivity contribution in [1.29, 1.82) is 0 Å². The predicted octanol–water partition coefficient (Wildman–Crippen LogP) is 0.625. The summed E-state index contributed by atoms with van der Waals surface area (Å²) in [6, 6.07) is 0. The third-order valence-corrected chi connectivity index (χ3v) is 1.98. The van der Waals surface area contributed by atoms with Crippen molar-refractivity contribution in [2.45, 2.75) is 12.7 Å². The van der Waals surface area contributed by atoms with Crippen molar-refractivity contribution in [1.82, 2.24) is 0 Å². The number of azide groups is 1. The Bertz CT molecular complexity index is 425. The molecule has 0 radical (unpaired) electrons. The summed E-state index contributed by atoms with van der Waals surface area (Å²) < 4.78 is 0. The molecule has 0 aliphatic heterocycles. The van der Waals surface area contributed by atoms with Crippen LogP contribution in [0, 0.1) is 5.41 Å². The smallest absolute Gasteiger partial charge is 0.327 e. The Hall–Kier alpha value is -2.72. The lowest BCUT2D eigenvalue weighted by molar-refractivity contribution is -0.142. The fourth-order valence-electron chi connectivity index (χ4n) is 0.525. The summed E-state index contributed by atoms with van der Waals surface area (Å²) in [4.78, 5) is 16.6. The first-order chi connectivity index (χ1) is 9.81. The van der Waals surface area contributed by atoms with Gasteiger partial charge >= 0.3 is 5.97 Å². The van der Waals surface area contributed by atoms with Gasteiger partial charge in [0.05, 0.1) is 19.8 Å². The van der Waals surface area contributed by atoms with Gasteiger partial charge < -0.3 is 20.4 Å². The van der Waals surface area contributed by atoms with E-state index in [4.69, 9.17) is 37.0 Å². The van der Waals surface area contributed by atoms with Gasteiger partial charge in [0.25, 0.3) is 5.79 Å². The minimum Gasteiger partial charge on any atom is -0.481 e. The van der Waals surface area contributed by atoms with Gasteiger partial charge in [0.2, 0.25) is 0 Å². The van der Waals surface area contributed by atoms with E-state index in [0.717, 1.165) is 0 Å². The van der Waals surface area contributed by atoms with Gasteiger partial charge in [-0.2, -0.15) is 0 Å². The average Bonchev–Trinajstić information content (AvgIpc) is 2.47. The zero-order chi connectivity index (χ0) is 16.9. The van der Waals surface area contributed by atoms with Crippen LogP contribution in [0.15, 0.2) is 15.3 Å². The fourth-order valence-corrected chi connectivity index (χ4v) is 0.525. The van der Waals surface area contributed by atoms with Crippen molar-refractivity contribution >= 4 is 5.97 Å². The maximum Gasteiger partial charge on any atom is 0.327 e. The highest BCUT2D eigenvalue weighted by atomic mass is 16.4. The van der Waals surface area contributed by atoms with E-state index in [-0.39, 0.29) is 19.8 Å². The van der Waals surface area contributed by atoms with Crippen molar-refractivity contribution < 1.29 is 25.2 Å². The lowest BCUT2D eigenvalue weighted by atomic mass is 9.95. The highest BCUT2D eigenvalue weighted by molar-refractivity contribution is 5.78. The van der Waals surface area contributed by atoms with E-state index in [1.165, 1.54) is 0 Å². The summed E-state index contributed by atoms with van der Waals surface area (Å²) in [5, 5.41) is 41.5. The van der Waals surface area contributed by atoms with Gasteiger partial charge in [0, 0.05) is 20.2 Å². The maximum atomic E-state index is 10.4. The topological polar surface area (TPSA) is 244 Å². The largest absolute Gasteiger partial charge is 0.481 e. The molecule has 0 heterocycles. The fraction of sp³-hybridized carbons (Fsp3) is 0.857. The Morgan fingerprint density at radius 1 is 0.952 bits per heavy atom. The number of nitrogens with zero attached hydrogens (tertiary/aromatic N) is 9. The Labute approximate surface area is 117 Å². The molecule has 21 heavy (non-hydrogen) atoms. The third-order valence-electron chi connectivity index (χ3n) is 1.98. The van der Waals surface area contributed by atoms with E-state index < -0.39 is 17.2 Å². The molecule has 0 aromatic carbocycles. The number of hydrogen-bond donors (Lipinski definition) is 4. The second-order valence-corrected chi connectivity index (χ2v) is 3.79. The molecule has 0 amide bonds. The summed E-state index contributed by atoms with van der Waals surface area (Å²) >= 11 is 0. The normalized spacial score (nSPS) is 12.2. The van der Waals surface area contributed by atoms with Crippen LogP contribution in [0.1, 0.15) is 6.92 Å². The van der Waals surface area contributed by atoms with Crippen LogP contribution in [0.25, 0.3) is 31.3 Å². The molecule has 0 atom stereocenters. The van der Waals surface area contributed by atoms with Gasteiger partial charge in [-0.05, 0) is 16.6 Å². The van der Waals surface area contributed by atoms with Crippen molar-refractivity contribution in [3.05, 3.63) is 31.3 Å². The summed E-state index contributed by atoms with van der Waals surface area (Å²) in [6.45, 7) is 1.06. The van der Waals surface area contributed by atoms with Gasteiger partial charge in [-0.1, -0.05) is 22.3 Å². The molecule has 0 aromatic rings. The maximum absolute atomic E-state index is 10.4. The molecule has 0 aromatic heterocycles. The van der Waals surface area contributed by atoms with E-state index in [0.29, 0.717) is 0 Å². The van der Waals surface area contributed by atoms with Gasteiger partial charge in [0.1, 0.15) is 0 Å². The van der Waals surface area contributed by atoms with Crippen LogP contribution in [0.2, 0.25) is 0 Å². The molecule has 0 rings (SSSR count). The number of aliphatic carboxylic acids is 1. The van der Waals surface area contributed by atoms with Crippen LogP contribution >= 0.6 is 0 Å². The Morgan fingerprint density at radius 3 is 1.33 bits per heavy atom. The van der Waals surface area contributed by atoms with Crippen LogP contribution < -0.4 is 0 Å². The predicted molar refractivity (Wildman–Crippen MR) is 67.2 cm³/mol. The number of carbonyl (C=O) groups is 1. The van der Waals surface area contributed by atoms with Gasteiger partial charge in [-0.25, -0.2) is 0 Å². The van der Waals surface area contributed by atoms with E-state index in [1.807, 2.05) is 0 Å². The first-order valence-electron chi connectivity index (χ1n) is 5.06. The highest BCUT2D eigenvalue weighted by Crippen LogP contribution is 2.16. The molecule has 0 fully saturated rings. The molecule has 0 aliphatic carbocycles. The molecular weight excluding hydrogens is 290 g/mol. The third kappa shape index (κ3) is 6.84. The quantitative estimate of drug-likeness (QED) is 0.299. The van der Waals surface area contributed by atoms with Crippen LogP contribution in [0.5, 0.6) is 0 Å². The second kappa shape index (κ2) is 10.1. The zero-order valence-corrected chi connectivity index (χ0v) is 10.8. The number of carboxylic acids is 1. The molecule has 0 aliphatic rings. The number of hydrogen-bond acceptors (Lipinski definition) is 7. The van der Waals surface area contributed by atoms with Crippen molar-refractivity contribution in [2.75, 3.05) is 19.8 Å². The van der Waals surface area contributed by atoms with E-state index in [2.05, 4.69) is 30.1 Å². The standard InChI is InChI=1S/C5H12O3.C2HN9O2/c1-5(2-6,3-7)4-8;3-9-6-2(1(12)13,7-10-4)8-11-5/h6-8H,2-4H2,1H3;(H,12,13). The van der Waals surface area contributed by atoms with Crippen LogP contribution in [-0.4, -0.2) is 52.0 Å². The lowest BCUT2D eigenvalue weighted by Crippen LogP contribution is -2.30. The van der Waals surface area contributed by atoms with Crippen molar-refractivity contribution in [3.8, 4) is 0 Å². The molecule has 14 nitrogen and oxygen atoms in total. The Balaban J connectivity index is 0. The van der Waals surface area contributed by atoms with Crippen LogP contribution in [0.3, 0.4) is 0 Å². The second-order valence-electron chi connectivity index (χ2n) is 3.79. The Morgan fingerprint density at radius 2 is 1.24 bits per heavy atom. The molecule has 0 spiro atoms. The molecule has 0 saturated carbocycles. The van der Waals surface area contributed by atoms with Gasteiger partial charge in [0.15, 0.2) is 0 Å². The SMILES string of the molecule is CC(CO)(CO)CO.[N-]=[N+]=NC(N=[N+]=[N-])(N=[N+]=[N-])C(=O)O. The van der Waals surface area contributed by atoms with Crippen LogP contribution in [-0.2, 0) is 4.79 Å². The summed E-state index contributed by atoms with van der Waals surface area (Å²) in [6.07, 6.45) is 0. The zero-order valence-electron chi connectivity index (χ0n) is 10.8. The summed E-state index contributed by atoms with van der Waals surface area (Å²) in [5.41, 5.74) is 23.1. The molecule has 0 unspecified atom stereocenters. The highest BCUT2D eigenvalue weighted by Gasteiger charge is 2.36. The Kier molecular flexibility index (Phi) is 9.92. The van der Waals surface area contributed by atoms with Gasteiger partial charge in [-0.15, -0.1) is 0 Å². The molecule has 0 bridgehead atoms. The minimum absolute atomic E-state index is 0.181. The lowest BCUT2D eigenvalue weighted by Gasteiger charge is -2.20. The molecule has 4 N–H and O–H groups in total. The number of aliphatic hydroxyl groups is 3. The van der Waals surface area contributed by atoms with Crippen molar-refractivity contribution in [2.24, 2.45) is 20.8 Å². The summed E-state index contributed by atoms with van der Waals surface area (Å²) in [7, 11) is 0. The number of rotatable bonds is 7. The molecule has 0 saturated heterocycles. The average molecular weight is 303 g/mol. The van der Waals surface area contributed by atoms with E-state index >= 15 is 0 Å². The van der Waals surface area contributed by atoms with Gasteiger partial charge in [-0.3, -0.25) is 4.79 Å². The monoisotopic (exact) mass is 303 g/mol. The first kappa shape index (κ1) is 20.6. The minimum atomic E-state index is -2.81. The number of carboxylic acid groups (broad SMARTS) is 1. The van der Waals surface area contributed by atoms with Crippen molar-refractivity contribution in [3.63, 3.8) is 0 Å². The first-order valence-corrected chi connectivity index (χ1v) is 5.06. The van der Waals surface area contributed by atoms with E-state index in [1.54, 1.807) is 6.92 Å².